The van der Waals surface area contributed by atoms with Gasteiger partial charge in [-0.15, -0.1) is 0 Å². The third-order valence-electron chi connectivity index (χ3n) is 2.88. The van der Waals surface area contributed by atoms with Crippen LogP contribution in [-0.4, -0.2) is 17.1 Å². The van der Waals surface area contributed by atoms with E-state index in [2.05, 4.69) is 0 Å². The molecule has 76 valence electrons. The van der Waals surface area contributed by atoms with Gasteiger partial charge in [0, 0.05) is 0 Å². The second kappa shape index (κ2) is 5.22. The summed E-state index contributed by atoms with van der Waals surface area (Å²) in [5, 5.41) is 8.66. The van der Waals surface area contributed by atoms with E-state index in [0.29, 0.717) is 12.3 Å². The Morgan fingerprint density at radius 1 is 1.31 bits per heavy atom. The number of carboxylic acid groups (broad SMARTS) is 1. The van der Waals surface area contributed by atoms with Gasteiger partial charge in [-0.25, -0.2) is 0 Å². The maximum Gasteiger partial charge on any atom is 0.320 e. The summed E-state index contributed by atoms with van der Waals surface area (Å²) < 4.78 is 0. The molecule has 3 heteroatoms. The summed E-state index contributed by atoms with van der Waals surface area (Å²) in [6.07, 6.45) is 8.10. The summed E-state index contributed by atoms with van der Waals surface area (Å²) in [7, 11) is 0. The van der Waals surface area contributed by atoms with Gasteiger partial charge in [-0.3, -0.25) is 4.79 Å². The summed E-state index contributed by atoms with van der Waals surface area (Å²) in [5.74, 6) is -0.308. The summed E-state index contributed by atoms with van der Waals surface area (Å²) in [5.41, 5.74) is 5.50. The average molecular weight is 185 g/mol. The minimum atomic E-state index is -0.857. The van der Waals surface area contributed by atoms with Gasteiger partial charge in [0.2, 0.25) is 0 Å². The van der Waals surface area contributed by atoms with Gasteiger partial charge in [-0.2, -0.15) is 0 Å². The van der Waals surface area contributed by atoms with E-state index < -0.39 is 12.0 Å². The zero-order chi connectivity index (χ0) is 9.68. The normalized spacial score (nSPS) is 22.2. The van der Waals surface area contributed by atoms with Crippen LogP contribution in [0.4, 0.5) is 0 Å². The fourth-order valence-corrected chi connectivity index (χ4v) is 2.06. The van der Waals surface area contributed by atoms with Crippen LogP contribution < -0.4 is 5.73 Å². The zero-order valence-electron chi connectivity index (χ0n) is 8.04. The fourth-order valence-electron chi connectivity index (χ4n) is 2.06. The molecular formula is C10H19NO2. The third-order valence-corrected chi connectivity index (χ3v) is 2.88. The topological polar surface area (TPSA) is 63.3 Å². The molecule has 3 nitrogen and oxygen atoms in total. The molecule has 13 heavy (non-hydrogen) atoms. The molecule has 0 bridgehead atoms. The number of rotatable bonds is 3. The van der Waals surface area contributed by atoms with Crippen LogP contribution in [0.25, 0.3) is 0 Å². The molecule has 0 spiro atoms. The van der Waals surface area contributed by atoms with Gasteiger partial charge in [0.15, 0.2) is 0 Å². The van der Waals surface area contributed by atoms with Gasteiger partial charge in [-0.1, -0.05) is 38.5 Å². The SMILES string of the molecule is N[C@H](CC1CCCCCC1)C(=O)O. The molecule has 1 saturated carbocycles. The van der Waals surface area contributed by atoms with Gasteiger partial charge in [-0.05, 0) is 12.3 Å². The van der Waals surface area contributed by atoms with Crippen molar-refractivity contribution >= 4 is 5.97 Å². The molecule has 0 aromatic rings. The number of carboxylic acids is 1. The molecule has 1 atom stereocenters. The van der Waals surface area contributed by atoms with Gasteiger partial charge >= 0.3 is 5.97 Å². The van der Waals surface area contributed by atoms with E-state index in [1.807, 2.05) is 0 Å². The molecule has 1 aliphatic carbocycles. The maximum atomic E-state index is 10.5. The standard InChI is InChI=1S/C10H19NO2/c11-9(10(12)13)7-8-5-3-1-2-4-6-8/h8-9H,1-7,11H2,(H,12,13)/t9-/m1/s1. The zero-order valence-corrected chi connectivity index (χ0v) is 8.04. The van der Waals surface area contributed by atoms with Crippen molar-refractivity contribution in [3.63, 3.8) is 0 Å². The van der Waals surface area contributed by atoms with E-state index in [4.69, 9.17) is 10.8 Å². The van der Waals surface area contributed by atoms with Crippen molar-refractivity contribution in [1.29, 1.82) is 0 Å². The van der Waals surface area contributed by atoms with Crippen molar-refractivity contribution in [2.75, 3.05) is 0 Å². The van der Waals surface area contributed by atoms with Crippen molar-refractivity contribution in [1.82, 2.24) is 0 Å². The molecule has 1 fully saturated rings. The average Bonchev–Trinajstić information content (AvgIpc) is 2.32. The Morgan fingerprint density at radius 2 is 1.85 bits per heavy atom. The van der Waals surface area contributed by atoms with E-state index in [1.54, 1.807) is 0 Å². The lowest BCUT2D eigenvalue weighted by Crippen LogP contribution is -2.32. The highest BCUT2D eigenvalue weighted by atomic mass is 16.4. The van der Waals surface area contributed by atoms with Crippen LogP contribution in [-0.2, 0) is 4.79 Å². The van der Waals surface area contributed by atoms with E-state index in [1.165, 1.54) is 38.5 Å². The Bertz CT molecular complexity index is 162. The third kappa shape index (κ3) is 3.77. The second-order valence-electron chi connectivity index (χ2n) is 4.04. The predicted octanol–water partition coefficient (Wildman–Crippen LogP) is 1.76. The molecule has 0 aliphatic heterocycles. The van der Waals surface area contributed by atoms with E-state index in [0.717, 1.165) is 0 Å². The molecule has 0 unspecified atom stereocenters. The molecule has 3 N–H and O–H groups in total. The molecular weight excluding hydrogens is 166 g/mol. The Kier molecular flexibility index (Phi) is 4.22. The Labute approximate surface area is 79.3 Å². The lowest BCUT2D eigenvalue weighted by Gasteiger charge is -2.15. The summed E-state index contributed by atoms with van der Waals surface area (Å²) in [6.45, 7) is 0. The number of aliphatic carboxylic acids is 1. The summed E-state index contributed by atoms with van der Waals surface area (Å²) in [4.78, 5) is 10.5. The van der Waals surface area contributed by atoms with Crippen molar-refractivity contribution in [2.45, 2.75) is 51.0 Å². The smallest absolute Gasteiger partial charge is 0.320 e. The summed E-state index contributed by atoms with van der Waals surface area (Å²) in [6, 6.07) is -0.650. The minimum absolute atomic E-state index is 0.550. The lowest BCUT2D eigenvalue weighted by atomic mass is 9.93. The van der Waals surface area contributed by atoms with Crippen LogP contribution in [0, 0.1) is 5.92 Å². The number of hydrogen-bond acceptors (Lipinski definition) is 2. The molecule has 1 aliphatic rings. The van der Waals surface area contributed by atoms with Gasteiger partial charge in [0.25, 0.3) is 0 Å². The van der Waals surface area contributed by atoms with Crippen molar-refractivity contribution in [3.05, 3.63) is 0 Å². The van der Waals surface area contributed by atoms with Gasteiger partial charge < -0.3 is 10.8 Å². The van der Waals surface area contributed by atoms with Crippen LogP contribution >= 0.6 is 0 Å². The Morgan fingerprint density at radius 3 is 2.31 bits per heavy atom. The van der Waals surface area contributed by atoms with E-state index in [9.17, 15) is 4.79 Å². The number of hydrogen-bond donors (Lipinski definition) is 2. The highest BCUT2D eigenvalue weighted by Gasteiger charge is 2.19. The second-order valence-corrected chi connectivity index (χ2v) is 4.04. The van der Waals surface area contributed by atoms with Crippen LogP contribution in [0.3, 0.4) is 0 Å². The monoisotopic (exact) mass is 185 g/mol. The van der Waals surface area contributed by atoms with E-state index in [-0.39, 0.29) is 0 Å². The molecule has 1 rings (SSSR count). The van der Waals surface area contributed by atoms with Crippen molar-refractivity contribution < 1.29 is 9.90 Å². The highest BCUT2D eigenvalue weighted by molar-refractivity contribution is 5.73. The quantitative estimate of drug-likeness (QED) is 0.658. The molecule has 0 saturated heterocycles. The largest absolute Gasteiger partial charge is 0.480 e. The molecule has 0 aromatic carbocycles. The van der Waals surface area contributed by atoms with E-state index >= 15 is 0 Å². The fraction of sp³-hybridized carbons (Fsp3) is 0.900. The Hall–Kier alpha value is -0.570. The molecule has 0 aromatic heterocycles. The van der Waals surface area contributed by atoms with Crippen LogP contribution in [0.5, 0.6) is 0 Å². The van der Waals surface area contributed by atoms with Crippen LogP contribution in [0.2, 0.25) is 0 Å². The maximum absolute atomic E-state index is 10.5. The first-order valence-electron chi connectivity index (χ1n) is 5.18. The summed E-state index contributed by atoms with van der Waals surface area (Å²) >= 11 is 0. The first-order valence-corrected chi connectivity index (χ1v) is 5.18. The first-order chi connectivity index (χ1) is 6.20. The van der Waals surface area contributed by atoms with Crippen molar-refractivity contribution in [3.8, 4) is 0 Å². The van der Waals surface area contributed by atoms with Crippen molar-refractivity contribution in [2.24, 2.45) is 11.7 Å². The molecule has 0 heterocycles. The first kappa shape index (κ1) is 10.5. The molecule has 0 amide bonds. The van der Waals surface area contributed by atoms with Crippen LogP contribution in [0.15, 0.2) is 0 Å². The van der Waals surface area contributed by atoms with Gasteiger partial charge in [0.05, 0.1) is 0 Å². The number of carbonyl (C=O) groups is 1. The molecule has 0 radical (unpaired) electrons. The van der Waals surface area contributed by atoms with Gasteiger partial charge in [0.1, 0.15) is 6.04 Å². The Balaban J connectivity index is 2.29. The van der Waals surface area contributed by atoms with Crippen LogP contribution in [0.1, 0.15) is 44.9 Å². The lowest BCUT2D eigenvalue weighted by molar-refractivity contribution is -0.139. The highest BCUT2D eigenvalue weighted by Crippen LogP contribution is 2.25. The number of nitrogens with two attached hydrogens (primary N) is 1. The predicted molar refractivity (Wildman–Crippen MR) is 51.4 cm³/mol. The minimum Gasteiger partial charge on any atom is -0.480 e.